The maximum atomic E-state index is 5.57. The molecule has 0 saturated heterocycles. The van der Waals surface area contributed by atoms with Crippen LogP contribution < -0.4 is 10.1 Å². The van der Waals surface area contributed by atoms with Crippen LogP contribution in [0.4, 0.5) is 5.69 Å². The van der Waals surface area contributed by atoms with Gasteiger partial charge in [-0.15, -0.1) is 11.3 Å². The fourth-order valence-corrected chi connectivity index (χ4v) is 4.83. The molecule has 3 rings (SSSR count). The highest BCUT2D eigenvalue weighted by molar-refractivity contribution is 14.1. The molecule has 1 unspecified atom stereocenters. The minimum Gasteiger partial charge on any atom is -0.494 e. The molecule has 2 nitrogen and oxygen atoms in total. The molecule has 1 aromatic carbocycles. The quantitative estimate of drug-likeness (QED) is 0.710. The van der Waals surface area contributed by atoms with Crippen LogP contribution in [0.3, 0.4) is 0 Å². The molecule has 1 aliphatic carbocycles. The summed E-state index contributed by atoms with van der Waals surface area (Å²) < 4.78 is 6.96. The second-order valence-corrected chi connectivity index (χ2v) is 8.01. The Morgan fingerprint density at radius 2 is 2.30 bits per heavy atom. The molecule has 4 heteroatoms. The second-order valence-electron chi connectivity index (χ2n) is 4.98. The van der Waals surface area contributed by atoms with E-state index in [4.69, 9.17) is 4.74 Å². The van der Waals surface area contributed by atoms with Gasteiger partial charge in [-0.05, 0) is 72.5 Å². The lowest BCUT2D eigenvalue weighted by molar-refractivity contribution is 0.340. The smallest absolute Gasteiger partial charge is 0.121 e. The van der Waals surface area contributed by atoms with Crippen molar-refractivity contribution in [3.05, 3.63) is 43.7 Å². The van der Waals surface area contributed by atoms with Crippen LogP contribution >= 0.6 is 33.9 Å². The van der Waals surface area contributed by atoms with Gasteiger partial charge in [-0.1, -0.05) is 6.07 Å². The summed E-state index contributed by atoms with van der Waals surface area (Å²) >= 11 is 4.37. The van der Waals surface area contributed by atoms with Gasteiger partial charge in [-0.3, -0.25) is 0 Å². The van der Waals surface area contributed by atoms with Crippen molar-refractivity contribution in [2.75, 3.05) is 11.9 Å². The Balaban J connectivity index is 1.80. The highest BCUT2D eigenvalue weighted by Crippen LogP contribution is 2.38. The van der Waals surface area contributed by atoms with Crippen LogP contribution in [-0.2, 0) is 6.42 Å². The van der Waals surface area contributed by atoms with Gasteiger partial charge in [0.05, 0.1) is 15.5 Å². The van der Waals surface area contributed by atoms with E-state index in [1.54, 1.807) is 4.88 Å². The summed E-state index contributed by atoms with van der Waals surface area (Å²) in [5, 5.41) is 3.67. The van der Waals surface area contributed by atoms with Crippen molar-refractivity contribution in [1.29, 1.82) is 0 Å². The fraction of sp³-hybridized carbons (Fsp3) is 0.375. The van der Waals surface area contributed by atoms with Gasteiger partial charge in [-0.25, -0.2) is 0 Å². The number of benzene rings is 1. The first kappa shape index (κ1) is 14.2. The van der Waals surface area contributed by atoms with Gasteiger partial charge in [0.15, 0.2) is 0 Å². The molecular weight excluding hydrogens is 381 g/mol. The Morgan fingerprint density at radius 3 is 3.15 bits per heavy atom. The summed E-state index contributed by atoms with van der Waals surface area (Å²) in [5.74, 6) is 0.938. The number of hydrogen-bond acceptors (Lipinski definition) is 3. The van der Waals surface area contributed by atoms with Gasteiger partial charge >= 0.3 is 0 Å². The molecule has 106 valence electrons. The third-order valence-electron chi connectivity index (χ3n) is 3.57. The maximum Gasteiger partial charge on any atom is 0.121 e. The number of fused-ring (bicyclic) bond motifs is 1. The summed E-state index contributed by atoms with van der Waals surface area (Å²) in [5.41, 5.74) is 2.64. The summed E-state index contributed by atoms with van der Waals surface area (Å²) in [4.78, 5) is 1.55. The van der Waals surface area contributed by atoms with Crippen LogP contribution in [0.25, 0.3) is 0 Å². The highest BCUT2D eigenvalue weighted by Gasteiger charge is 2.22. The number of ether oxygens (including phenoxy) is 1. The fourth-order valence-electron chi connectivity index (χ4n) is 2.71. The number of aryl methyl sites for hydroxylation is 1. The topological polar surface area (TPSA) is 21.3 Å². The van der Waals surface area contributed by atoms with E-state index in [0.29, 0.717) is 12.6 Å². The van der Waals surface area contributed by atoms with Crippen molar-refractivity contribution in [3.8, 4) is 5.75 Å². The van der Waals surface area contributed by atoms with Crippen LogP contribution in [0.1, 0.15) is 36.2 Å². The zero-order valence-corrected chi connectivity index (χ0v) is 14.5. The lowest BCUT2D eigenvalue weighted by atomic mass is 9.94. The van der Waals surface area contributed by atoms with E-state index in [0.717, 1.165) is 11.4 Å². The lowest BCUT2D eigenvalue weighted by Crippen LogP contribution is -2.15. The minimum absolute atomic E-state index is 0.440. The van der Waals surface area contributed by atoms with Crippen molar-refractivity contribution in [2.45, 2.75) is 32.2 Å². The van der Waals surface area contributed by atoms with E-state index < -0.39 is 0 Å². The van der Waals surface area contributed by atoms with Gasteiger partial charge < -0.3 is 10.1 Å². The molecule has 0 aliphatic heterocycles. The van der Waals surface area contributed by atoms with Crippen LogP contribution in [0, 0.1) is 2.88 Å². The Morgan fingerprint density at radius 1 is 1.40 bits per heavy atom. The van der Waals surface area contributed by atoms with Crippen LogP contribution in [0.15, 0.2) is 30.3 Å². The second kappa shape index (κ2) is 6.35. The lowest BCUT2D eigenvalue weighted by Gasteiger charge is -2.24. The summed E-state index contributed by atoms with van der Waals surface area (Å²) in [6.07, 6.45) is 3.71. The molecule has 1 heterocycles. The monoisotopic (exact) mass is 399 g/mol. The molecule has 0 bridgehead atoms. The summed E-state index contributed by atoms with van der Waals surface area (Å²) in [7, 11) is 0. The molecule has 0 spiro atoms. The number of thiophene rings is 1. The average Bonchev–Trinajstić information content (AvgIpc) is 2.81. The Bertz CT molecular complexity index is 596. The molecule has 2 aromatic rings. The third kappa shape index (κ3) is 3.11. The predicted molar refractivity (Wildman–Crippen MR) is 93.9 cm³/mol. The van der Waals surface area contributed by atoms with Gasteiger partial charge in [-0.2, -0.15) is 0 Å². The van der Waals surface area contributed by atoms with E-state index in [-0.39, 0.29) is 0 Å². The zero-order valence-electron chi connectivity index (χ0n) is 11.5. The average molecular weight is 399 g/mol. The number of hydrogen-bond donors (Lipinski definition) is 1. The number of nitrogens with one attached hydrogen (secondary N) is 1. The first-order valence-corrected chi connectivity index (χ1v) is 8.93. The Hall–Kier alpha value is -0.750. The van der Waals surface area contributed by atoms with E-state index in [1.807, 2.05) is 24.3 Å². The minimum atomic E-state index is 0.440. The van der Waals surface area contributed by atoms with Crippen molar-refractivity contribution in [3.63, 3.8) is 0 Å². The molecule has 20 heavy (non-hydrogen) atoms. The number of anilines is 1. The first-order valence-electron chi connectivity index (χ1n) is 7.04. The van der Waals surface area contributed by atoms with E-state index >= 15 is 0 Å². The molecular formula is C16H18INOS. The van der Waals surface area contributed by atoms with Crippen molar-refractivity contribution >= 4 is 39.6 Å². The summed E-state index contributed by atoms with van der Waals surface area (Å²) in [6.45, 7) is 2.72. The highest BCUT2D eigenvalue weighted by atomic mass is 127. The van der Waals surface area contributed by atoms with Gasteiger partial charge in [0.25, 0.3) is 0 Å². The van der Waals surface area contributed by atoms with E-state index in [1.165, 1.54) is 27.7 Å². The molecule has 1 N–H and O–H groups in total. The van der Waals surface area contributed by atoms with E-state index in [2.05, 4.69) is 52.2 Å². The Kier molecular flexibility index (Phi) is 4.51. The number of rotatable bonds is 4. The number of halogens is 1. The van der Waals surface area contributed by atoms with Gasteiger partial charge in [0, 0.05) is 16.6 Å². The summed E-state index contributed by atoms with van der Waals surface area (Å²) in [6, 6.07) is 11.0. The molecule has 0 radical (unpaired) electrons. The largest absolute Gasteiger partial charge is 0.494 e. The standard InChI is InChI=1S/C16H18INOS/c1-2-19-12-6-3-5-11(9-12)18-14-7-4-8-15-13(14)10-16(17)20-15/h3,5-6,9-10,14,18H,2,4,7-8H2,1H3. The SMILES string of the molecule is CCOc1cccc(NC2CCCc3sc(I)cc32)c1. The van der Waals surface area contributed by atoms with Crippen LogP contribution in [0.5, 0.6) is 5.75 Å². The van der Waals surface area contributed by atoms with Crippen LogP contribution in [-0.4, -0.2) is 6.61 Å². The third-order valence-corrected chi connectivity index (χ3v) is 5.54. The van der Waals surface area contributed by atoms with Gasteiger partial charge in [0.2, 0.25) is 0 Å². The van der Waals surface area contributed by atoms with E-state index in [9.17, 15) is 0 Å². The molecule has 0 amide bonds. The van der Waals surface area contributed by atoms with Crippen molar-refractivity contribution < 1.29 is 4.74 Å². The van der Waals surface area contributed by atoms with Crippen molar-refractivity contribution in [1.82, 2.24) is 0 Å². The Labute approximate surface area is 137 Å². The predicted octanol–water partition coefficient (Wildman–Crippen LogP) is 5.24. The maximum absolute atomic E-state index is 5.57. The molecule has 1 aliphatic rings. The zero-order chi connectivity index (χ0) is 13.9. The van der Waals surface area contributed by atoms with Crippen LogP contribution in [0.2, 0.25) is 0 Å². The molecule has 0 fully saturated rings. The molecule has 1 aromatic heterocycles. The molecule has 0 saturated carbocycles. The first-order chi connectivity index (χ1) is 9.76. The van der Waals surface area contributed by atoms with Gasteiger partial charge in [0.1, 0.15) is 5.75 Å². The molecule has 1 atom stereocenters. The normalized spacial score (nSPS) is 17.6. The van der Waals surface area contributed by atoms with Crippen molar-refractivity contribution in [2.24, 2.45) is 0 Å².